The van der Waals surface area contributed by atoms with Gasteiger partial charge in [0.15, 0.2) is 9.84 Å². The summed E-state index contributed by atoms with van der Waals surface area (Å²) in [5.74, 6) is 0.473. The van der Waals surface area contributed by atoms with Crippen LogP contribution in [0.4, 0.5) is 5.82 Å². The van der Waals surface area contributed by atoms with Gasteiger partial charge in [0.05, 0.1) is 64.6 Å². The van der Waals surface area contributed by atoms with Crippen molar-refractivity contribution in [1.82, 2.24) is 20.3 Å². The van der Waals surface area contributed by atoms with Crippen molar-refractivity contribution in [2.24, 2.45) is 0 Å². The molecule has 1 aliphatic carbocycles. The van der Waals surface area contributed by atoms with Crippen molar-refractivity contribution in [3.05, 3.63) is 77.6 Å². The third-order valence-corrected chi connectivity index (χ3v) is 9.88. The summed E-state index contributed by atoms with van der Waals surface area (Å²) >= 11 is 0. The molecule has 0 spiro atoms. The molecule has 6 rings (SSSR count). The number of sulfone groups is 1. The average molecular weight is 574 g/mol. The fourth-order valence-electron chi connectivity index (χ4n) is 5.04. The minimum Gasteiger partial charge on any atom is -0.379 e. The number of nitrogens with one attached hydrogen (secondary N) is 1. The zero-order chi connectivity index (χ0) is 28.7. The molecular formula is C30H31N5O5S. The highest BCUT2D eigenvalue weighted by atomic mass is 32.2. The van der Waals surface area contributed by atoms with Crippen LogP contribution >= 0.6 is 0 Å². The van der Waals surface area contributed by atoms with Gasteiger partial charge in [0.2, 0.25) is 0 Å². The number of carbonyl (C=O) groups is 1. The first-order valence-corrected chi connectivity index (χ1v) is 15.0. The molecule has 4 heterocycles. The molecule has 212 valence electrons. The summed E-state index contributed by atoms with van der Waals surface area (Å²) < 4.78 is 36.7. The molecule has 1 saturated carbocycles. The van der Waals surface area contributed by atoms with E-state index in [2.05, 4.69) is 15.2 Å². The third-order valence-electron chi connectivity index (χ3n) is 7.69. The van der Waals surface area contributed by atoms with Gasteiger partial charge in [-0.05, 0) is 61.4 Å². The van der Waals surface area contributed by atoms with E-state index in [1.165, 1.54) is 6.07 Å². The number of hydrogen-bond acceptors (Lipinski definition) is 9. The quantitative estimate of drug-likeness (QED) is 0.354. The van der Waals surface area contributed by atoms with Crippen LogP contribution in [0.3, 0.4) is 0 Å². The lowest BCUT2D eigenvalue weighted by Gasteiger charge is -2.18. The molecule has 10 nitrogen and oxygen atoms in total. The first-order chi connectivity index (χ1) is 19.7. The molecule has 2 aliphatic rings. The molecular weight excluding hydrogens is 542 g/mol. The monoisotopic (exact) mass is 573 g/mol. The molecule has 0 radical (unpaired) electrons. The van der Waals surface area contributed by atoms with Gasteiger partial charge in [-0.25, -0.2) is 18.4 Å². The Labute approximate surface area is 238 Å². The molecule has 0 saturated heterocycles. The molecule has 4 aromatic rings. The molecule has 1 amide bonds. The standard InChI is InChI=1S/C30H31N5O5S/c1-18-16-40-17-21-8-7-19(11-28(21)41(18,37)38)30(36)32-15-22-12-25-20(14-31-22)9-10-24(33-25)23-5-4-6-29(34-23)35(2)26-13-27(26)39-3/h4-12,14,18,26-27H,13,15-17H2,1-3H3,(H,32,36)/t18-,26+,27-/m0/s1. The Bertz CT molecular complexity index is 1740. The van der Waals surface area contributed by atoms with E-state index in [4.69, 9.17) is 19.4 Å². The fraction of sp³-hybridized carbons (Fsp3) is 0.333. The summed E-state index contributed by atoms with van der Waals surface area (Å²) in [6.07, 6.45) is 2.94. The predicted molar refractivity (Wildman–Crippen MR) is 154 cm³/mol. The van der Waals surface area contributed by atoms with Crippen molar-refractivity contribution in [2.45, 2.75) is 48.8 Å². The molecule has 0 bridgehead atoms. The predicted octanol–water partition coefficient (Wildman–Crippen LogP) is 3.54. The summed E-state index contributed by atoms with van der Waals surface area (Å²) in [5, 5.41) is 3.04. The van der Waals surface area contributed by atoms with Crippen LogP contribution in [0.2, 0.25) is 0 Å². The summed E-state index contributed by atoms with van der Waals surface area (Å²) in [6, 6.07) is 16.6. The Balaban J connectivity index is 1.19. The van der Waals surface area contributed by atoms with Crippen LogP contribution in [0.15, 0.2) is 65.7 Å². The number of hydrogen-bond donors (Lipinski definition) is 1. The number of pyridine rings is 3. The van der Waals surface area contributed by atoms with E-state index in [1.807, 2.05) is 43.4 Å². The van der Waals surface area contributed by atoms with Crippen LogP contribution in [0.1, 0.15) is 35.0 Å². The normalized spacial score (nSPS) is 21.1. The number of ether oxygens (including phenoxy) is 2. The number of aromatic nitrogens is 3. The maximum atomic E-state index is 13.0. The van der Waals surface area contributed by atoms with Gasteiger partial charge >= 0.3 is 0 Å². The van der Waals surface area contributed by atoms with Crippen LogP contribution in [-0.4, -0.2) is 67.4 Å². The highest BCUT2D eigenvalue weighted by molar-refractivity contribution is 7.92. The number of carbonyl (C=O) groups excluding carboxylic acids is 1. The number of nitrogens with zero attached hydrogens (tertiary/aromatic N) is 4. The van der Waals surface area contributed by atoms with Gasteiger partial charge in [0.25, 0.3) is 5.91 Å². The maximum absolute atomic E-state index is 13.0. The van der Waals surface area contributed by atoms with Crippen molar-refractivity contribution >= 4 is 32.5 Å². The largest absolute Gasteiger partial charge is 0.379 e. The van der Waals surface area contributed by atoms with Gasteiger partial charge in [0.1, 0.15) is 5.82 Å². The molecule has 1 fully saturated rings. The number of rotatable bonds is 7. The molecule has 11 heteroatoms. The van der Waals surface area contributed by atoms with E-state index in [9.17, 15) is 13.2 Å². The van der Waals surface area contributed by atoms with Crippen LogP contribution in [0.5, 0.6) is 0 Å². The summed E-state index contributed by atoms with van der Waals surface area (Å²) in [7, 11) is 0.170. The smallest absolute Gasteiger partial charge is 0.251 e. The van der Waals surface area contributed by atoms with Gasteiger partial charge in [0, 0.05) is 31.3 Å². The topological polar surface area (TPSA) is 124 Å². The minimum absolute atomic E-state index is 0.121. The summed E-state index contributed by atoms with van der Waals surface area (Å²) in [6.45, 7) is 2.08. The number of methoxy groups -OCH3 is 1. The van der Waals surface area contributed by atoms with E-state index in [-0.39, 0.29) is 42.2 Å². The molecule has 3 aromatic heterocycles. The highest BCUT2D eigenvalue weighted by Crippen LogP contribution is 2.33. The molecule has 1 aromatic carbocycles. The summed E-state index contributed by atoms with van der Waals surface area (Å²) in [5.41, 5.74) is 3.67. The van der Waals surface area contributed by atoms with E-state index in [1.54, 1.807) is 32.4 Å². The van der Waals surface area contributed by atoms with Crippen LogP contribution in [-0.2, 0) is 32.5 Å². The molecule has 1 aliphatic heterocycles. The first kappa shape index (κ1) is 27.3. The lowest BCUT2D eigenvalue weighted by Crippen LogP contribution is -2.25. The van der Waals surface area contributed by atoms with Crippen LogP contribution < -0.4 is 10.2 Å². The SMILES string of the molecule is CO[C@H]1C[C@H]1N(C)c1cccc(-c2ccc3cnc(CNC(=O)c4ccc5c(c4)S(=O)(=O)[C@@H](C)COC5)cc3n2)n1. The minimum atomic E-state index is -3.58. The van der Waals surface area contributed by atoms with Crippen LogP contribution in [0, 0.1) is 0 Å². The number of anilines is 1. The van der Waals surface area contributed by atoms with Gasteiger partial charge < -0.3 is 19.7 Å². The first-order valence-electron chi connectivity index (χ1n) is 13.5. The van der Waals surface area contributed by atoms with E-state index in [0.29, 0.717) is 17.3 Å². The lowest BCUT2D eigenvalue weighted by molar-refractivity contribution is 0.0950. The third kappa shape index (κ3) is 5.40. The Morgan fingerprint density at radius 3 is 2.76 bits per heavy atom. The summed E-state index contributed by atoms with van der Waals surface area (Å²) in [4.78, 5) is 29.4. The molecule has 0 unspecified atom stereocenters. The fourth-order valence-corrected chi connectivity index (χ4v) is 6.54. The van der Waals surface area contributed by atoms with Crippen molar-refractivity contribution in [2.75, 3.05) is 25.7 Å². The maximum Gasteiger partial charge on any atom is 0.251 e. The van der Waals surface area contributed by atoms with Gasteiger partial charge in [-0.2, -0.15) is 0 Å². The number of benzene rings is 1. The average Bonchev–Trinajstić information content (AvgIpc) is 3.80. The Hall–Kier alpha value is -3.93. The van der Waals surface area contributed by atoms with Gasteiger partial charge in [-0.1, -0.05) is 12.1 Å². The van der Waals surface area contributed by atoms with Crippen LogP contribution in [0.25, 0.3) is 22.3 Å². The molecule has 3 atom stereocenters. The zero-order valence-electron chi connectivity index (χ0n) is 23.1. The van der Waals surface area contributed by atoms with Gasteiger partial charge in [-0.15, -0.1) is 0 Å². The molecule has 1 N–H and O–H groups in total. The zero-order valence-corrected chi connectivity index (χ0v) is 23.9. The van der Waals surface area contributed by atoms with E-state index in [0.717, 1.165) is 34.5 Å². The van der Waals surface area contributed by atoms with Crippen molar-refractivity contribution in [3.8, 4) is 11.4 Å². The molecule has 41 heavy (non-hydrogen) atoms. The second-order valence-electron chi connectivity index (χ2n) is 10.5. The highest BCUT2D eigenvalue weighted by Gasteiger charge is 2.41. The number of likely N-dealkylation sites (N-methyl/N-ethyl adjacent to an activating group) is 1. The van der Waals surface area contributed by atoms with E-state index < -0.39 is 15.1 Å². The second kappa shape index (κ2) is 10.8. The lowest BCUT2D eigenvalue weighted by atomic mass is 10.1. The number of fused-ring (bicyclic) bond motifs is 2. The van der Waals surface area contributed by atoms with Crippen molar-refractivity contribution in [3.63, 3.8) is 0 Å². The van der Waals surface area contributed by atoms with Crippen molar-refractivity contribution < 1.29 is 22.7 Å². The Morgan fingerprint density at radius 2 is 1.95 bits per heavy atom. The van der Waals surface area contributed by atoms with E-state index >= 15 is 0 Å². The van der Waals surface area contributed by atoms with Crippen molar-refractivity contribution in [1.29, 1.82) is 0 Å². The Morgan fingerprint density at radius 1 is 1.12 bits per heavy atom. The Kier molecular flexibility index (Phi) is 7.18. The number of amides is 1. The second-order valence-corrected chi connectivity index (χ2v) is 12.8. The van der Waals surface area contributed by atoms with Gasteiger partial charge in [-0.3, -0.25) is 9.78 Å².